The van der Waals surface area contributed by atoms with E-state index in [2.05, 4.69) is 34.6 Å². The zero-order valence-electron chi connectivity index (χ0n) is 23.0. The number of carbonyl (C=O) groups is 1. The number of thiol groups is 1. The highest BCUT2D eigenvalue weighted by molar-refractivity contribution is 7.75. The zero-order chi connectivity index (χ0) is 27.8. The van der Waals surface area contributed by atoms with Gasteiger partial charge < -0.3 is 9.64 Å². The maximum Gasteiger partial charge on any atom is 0.284 e. The van der Waals surface area contributed by atoms with Crippen molar-refractivity contribution in [2.75, 3.05) is 23.8 Å². The number of amides is 1. The lowest BCUT2D eigenvalue weighted by Crippen LogP contribution is -2.38. The Morgan fingerprint density at radius 2 is 1.97 bits per heavy atom. The molecule has 1 saturated carbocycles. The largest absolute Gasteiger partial charge is 0.491 e. The Hall–Kier alpha value is -2.57. The van der Waals surface area contributed by atoms with Crippen LogP contribution in [0.1, 0.15) is 66.9 Å². The molecular formula is C32H41ClN2O3S. The number of benzene rings is 2. The molecule has 0 radical (unpaired) electrons. The molecule has 7 heteroatoms. The van der Waals surface area contributed by atoms with E-state index in [0.717, 1.165) is 55.1 Å². The molecule has 0 spiro atoms. The van der Waals surface area contributed by atoms with Gasteiger partial charge in [-0.05, 0) is 104 Å². The van der Waals surface area contributed by atoms with E-state index in [4.69, 9.17) is 16.3 Å². The predicted molar refractivity (Wildman–Crippen MR) is 164 cm³/mol. The summed E-state index contributed by atoms with van der Waals surface area (Å²) in [6.07, 6.45) is 10.9. The Bertz CT molecular complexity index is 1270. The number of ether oxygens (including phenoxy) is 1. The molecule has 1 fully saturated rings. The quantitative estimate of drug-likeness (QED) is 0.249. The molecule has 0 N–H and O–H groups in total. The molecule has 4 atom stereocenters. The van der Waals surface area contributed by atoms with Gasteiger partial charge in [-0.2, -0.15) is 4.36 Å². The fraction of sp³-hybridized carbons (Fsp3) is 0.469. The van der Waals surface area contributed by atoms with Gasteiger partial charge in [0, 0.05) is 40.0 Å². The number of hydrogen-bond acceptors (Lipinski definition) is 4. The number of fused-ring (bicyclic) bond motifs is 2. The van der Waals surface area contributed by atoms with Crippen LogP contribution in [-0.4, -0.2) is 29.0 Å². The summed E-state index contributed by atoms with van der Waals surface area (Å²) in [5, 5.41) is 0.753. The van der Waals surface area contributed by atoms with Gasteiger partial charge in [-0.3, -0.25) is 9.00 Å². The number of halogens is 1. The minimum absolute atomic E-state index is 0.165. The van der Waals surface area contributed by atoms with E-state index in [9.17, 15) is 9.00 Å². The molecule has 1 unspecified atom stereocenters. The van der Waals surface area contributed by atoms with E-state index in [1.54, 1.807) is 12.1 Å². The number of rotatable bonds is 9. The third kappa shape index (κ3) is 7.98. The van der Waals surface area contributed by atoms with Gasteiger partial charge in [0.2, 0.25) is 0 Å². The second-order valence-corrected chi connectivity index (χ2v) is 12.7. The van der Waals surface area contributed by atoms with Crippen LogP contribution in [0.4, 0.5) is 5.69 Å². The summed E-state index contributed by atoms with van der Waals surface area (Å²) in [5.41, 5.74) is 3.83. The van der Waals surface area contributed by atoms with Crippen LogP contribution in [-0.2, 0) is 23.6 Å². The SMILES string of the molecule is C=CC[C@H](C)C/[SH](=O)=N/C(=O)c1ccc2c(c1)N(C[C@@H]1CC[C@H]1CC=C)Cc1ccc(Cl)cc1CCCCO2. The molecule has 4 rings (SSSR count). The average Bonchev–Trinajstić information content (AvgIpc) is 2.92. The highest BCUT2D eigenvalue weighted by Crippen LogP contribution is 2.41. The number of carbonyl (C=O) groups excluding carboxylic acids is 1. The van der Waals surface area contributed by atoms with E-state index in [0.29, 0.717) is 36.3 Å². The molecule has 210 valence electrons. The normalized spacial score (nSPS) is 20.8. The molecule has 0 saturated heterocycles. The first-order valence-corrected chi connectivity index (χ1v) is 15.9. The van der Waals surface area contributed by atoms with Crippen molar-refractivity contribution in [1.29, 1.82) is 0 Å². The number of nitrogens with zero attached hydrogens (tertiary/aromatic N) is 2. The van der Waals surface area contributed by atoms with Crippen LogP contribution < -0.4 is 9.64 Å². The van der Waals surface area contributed by atoms with Crippen molar-refractivity contribution in [2.24, 2.45) is 22.1 Å². The van der Waals surface area contributed by atoms with Crippen LogP contribution in [0.5, 0.6) is 5.75 Å². The van der Waals surface area contributed by atoms with E-state index < -0.39 is 16.5 Å². The Labute approximate surface area is 240 Å². The first kappa shape index (κ1) is 29.4. The van der Waals surface area contributed by atoms with Gasteiger partial charge in [0.1, 0.15) is 5.75 Å². The lowest BCUT2D eigenvalue weighted by atomic mass is 9.71. The Morgan fingerprint density at radius 1 is 1.15 bits per heavy atom. The molecule has 1 aliphatic heterocycles. The second kappa shape index (κ2) is 14.2. The van der Waals surface area contributed by atoms with E-state index >= 15 is 0 Å². The third-order valence-electron chi connectivity index (χ3n) is 7.91. The summed E-state index contributed by atoms with van der Waals surface area (Å²) in [6, 6.07) is 11.7. The van der Waals surface area contributed by atoms with Crippen molar-refractivity contribution >= 4 is 33.8 Å². The first-order valence-electron chi connectivity index (χ1n) is 14.1. The Kier molecular flexibility index (Phi) is 10.7. The van der Waals surface area contributed by atoms with Crippen LogP contribution >= 0.6 is 11.6 Å². The van der Waals surface area contributed by atoms with Crippen LogP contribution in [0.3, 0.4) is 0 Å². The molecule has 2 aromatic carbocycles. The number of anilines is 1. The fourth-order valence-corrected chi connectivity index (χ4v) is 6.84. The van der Waals surface area contributed by atoms with E-state index in [-0.39, 0.29) is 5.92 Å². The van der Waals surface area contributed by atoms with Gasteiger partial charge in [-0.15, -0.1) is 13.2 Å². The summed E-state index contributed by atoms with van der Waals surface area (Å²) in [5.74, 6) is 2.03. The van der Waals surface area contributed by atoms with Crippen molar-refractivity contribution in [3.05, 3.63) is 83.4 Å². The molecule has 1 amide bonds. The molecule has 2 aromatic rings. The van der Waals surface area contributed by atoms with E-state index in [1.165, 1.54) is 24.0 Å². The van der Waals surface area contributed by atoms with Crippen molar-refractivity contribution in [3.8, 4) is 5.75 Å². The monoisotopic (exact) mass is 568 g/mol. The van der Waals surface area contributed by atoms with Gasteiger partial charge >= 0.3 is 0 Å². The highest BCUT2D eigenvalue weighted by atomic mass is 35.5. The second-order valence-electron chi connectivity index (χ2n) is 11.0. The average molecular weight is 569 g/mol. The number of allylic oxidation sites excluding steroid dienone is 2. The smallest absolute Gasteiger partial charge is 0.284 e. The van der Waals surface area contributed by atoms with Crippen molar-refractivity contribution in [2.45, 2.75) is 58.4 Å². The van der Waals surface area contributed by atoms with E-state index in [1.807, 2.05) is 31.2 Å². The highest BCUT2D eigenvalue weighted by Gasteiger charge is 2.32. The Morgan fingerprint density at radius 3 is 2.72 bits per heavy atom. The summed E-state index contributed by atoms with van der Waals surface area (Å²) in [4.78, 5) is 15.5. The topological polar surface area (TPSA) is 59.0 Å². The van der Waals surface area contributed by atoms with Crippen molar-refractivity contribution < 1.29 is 13.7 Å². The maximum absolute atomic E-state index is 13.1. The molecule has 2 aliphatic rings. The summed E-state index contributed by atoms with van der Waals surface area (Å²) in [6.45, 7) is 11.9. The summed E-state index contributed by atoms with van der Waals surface area (Å²) >= 11 is 6.38. The fourth-order valence-electron chi connectivity index (χ4n) is 5.57. The predicted octanol–water partition coefficient (Wildman–Crippen LogP) is 7.68. The van der Waals surface area contributed by atoms with Gasteiger partial charge in [0.25, 0.3) is 5.91 Å². The molecular weight excluding hydrogens is 528 g/mol. The van der Waals surface area contributed by atoms with Crippen LogP contribution in [0.15, 0.2) is 66.1 Å². The number of hydrogen-bond donors (Lipinski definition) is 1. The molecule has 1 aliphatic carbocycles. The van der Waals surface area contributed by atoms with Crippen LogP contribution in [0, 0.1) is 17.8 Å². The molecule has 39 heavy (non-hydrogen) atoms. The van der Waals surface area contributed by atoms with Crippen molar-refractivity contribution in [3.63, 3.8) is 0 Å². The van der Waals surface area contributed by atoms with Gasteiger partial charge in [0.15, 0.2) is 0 Å². The van der Waals surface area contributed by atoms with Gasteiger partial charge in [-0.1, -0.05) is 36.7 Å². The van der Waals surface area contributed by atoms with Crippen LogP contribution in [0.2, 0.25) is 5.02 Å². The first-order chi connectivity index (χ1) is 18.9. The minimum Gasteiger partial charge on any atom is -0.491 e. The Balaban J connectivity index is 1.70. The summed E-state index contributed by atoms with van der Waals surface area (Å²) < 4.78 is 23.0. The summed E-state index contributed by atoms with van der Waals surface area (Å²) in [7, 11) is -1.98. The van der Waals surface area contributed by atoms with Crippen molar-refractivity contribution in [1.82, 2.24) is 0 Å². The van der Waals surface area contributed by atoms with Gasteiger partial charge in [-0.25, -0.2) is 0 Å². The maximum atomic E-state index is 13.1. The standard InChI is InChI=1S/C32H41ClN2O3S/c1-4-8-23(3)22-39(37)34-32(36)26-14-16-31-30(19-26)35(20-27-12-11-24(27)9-5-2)21-28-13-15-29(33)18-25(28)10-6-7-17-38-31/h4-5,13-16,18-19,23-24,27,39H,1-2,6-12,17,20-22H2,3H3/t23-,24+,27-/m0/s1. The lowest BCUT2D eigenvalue weighted by Gasteiger charge is -2.41. The molecule has 1 heterocycles. The molecule has 0 bridgehead atoms. The minimum atomic E-state index is -1.98. The lowest BCUT2D eigenvalue weighted by molar-refractivity contribution is 0.100. The number of aryl methyl sites for hydroxylation is 1. The molecule has 5 nitrogen and oxygen atoms in total. The van der Waals surface area contributed by atoms with Gasteiger partial charge in [0.05, 0.1) is 12.3 Å². The zero-order valence-corrected chi connectivity index (χ0v) is 24.6. The van der Waals surface area contributed by atoms with Crippen LogP contribution in [0.25, 0.3) is 0 Å². The molecule has 0 aromatic heterocycles. The third-order valence-corrected chi connectivity index (χ3v) is 9.49.